The predicted octanol–water partition coefficient (Wildman–Crippen LogP) is 2.12. The molecule has 1 aliphatic heterocycles. The number of hydrogen-bond acceptors (Lipinski definition) is 3. The third kappa shape index (κ3) is 7.02. The van der Waals surface area contributed by atoms with E-state index < -0.39 is 0 Å². The van der Waals surface area contributed by atoms with E-state index in [1.165, 1.54) is 45.3 Å². The molecular weight excluding hydrogens is 212 g/mol. The van der Waals surface area contributed by atoms with Gasteiger partial charge in [0.05, 0.1) is 0 Å². The van der Waals surface area contributed by atoms with Gasteiger partial charge in [-0.1, -0.05) is 13.8 Å². The summed E-state index contributed by atoms with van der Waals surface area (Å²) in [5, 5.41) is 3.63. The molecule has 0 aliphatic carbocycles. The van der Waals surface area contributed by atoms with Gasteiger partial charge in [0, 0.05) is 39.4 Å². The molecule has 1 unspecified atom stereocenters. The summed E-state index contributed by atoms with van der Waals surface area (Å²) in [6.45, 7) is 10.4. The highest BCUT2D eigenvalue weighted by molar-refractivity contribution is 4.79. The minimum atomic E-state index is 0.711. The summed E-state index contributed by atoms with van der Waals surface area (Å²) in [6, 6.07) is 0.711. The van der Waals surface area contributed by atoms with Crippen LogP contribution < -0.4 is 5.32 Å². The number of piperazine rings is 1. The first-order chi connectivity index (χ1) is 8.22. The third-order valence-corrected chi connectivity index (χ3v) is 3.42. The lowest BCUT2D eigenvalue weighted by atomic mass is 10.0. The zero-order chi connectivity index (χ0) is 12.5. The van der Waals surface area contributed by atoms with Crippen molar-refractivity contribution >= 4 is 0 Å². The van der Waals surface area contributed by atoms with E-state index in [9.17, 15) is 0 Å². The molecule has 0 aromatic heterocycles. The van der Waals surface area contributed by atoms with Gasteiger partial charge in [0.25, 0.3) is 0 Å². The van der Waals surface area contributed by atoms with Crippen LogP contribution in [0.5, 0.6) is 0 Å². The van der Waals surface area contributed by atoms with Gasteiger partial charge in [-0.05, 0) is 38.1 Å². The maximum absolute atomic E-state index is 5.07. The topological polar surface area (TPSA) is 24.5 Å². The van der Waals surface area contributed by atoms with E-state index in [0.717, 1.165) is 19.1 Å². The van der Waals surface area contributed by atoms with Gasteiger partial charge in [0.2, 0.25) is 0 Å². The minimum Gasteiger partial charge on any atom is -0.385 e. The van der Waals surface area contributed by atoms with Gasteiger partial charge in [-0.3, -0.25) is 0 Å². The number of methoxy groups -OCH3 is 1. The van der Waals surface area contributed by atoms with E-state index >= 15 is 0 Å². The highest BCUT2D eigenvalue weighted by Gasteiger charge is 2.19. The van der Waals surface area contributed by atoms with Crippen molar-refractivity contribution < 1.29 is 4.74 Å². The molecular formula is C14H30N2O. The molecule has 0 aromatic rings. The normalized spacial score (nSPS) is 22.2. The Kier molecular flexibility index (Phi) is 7.82. The molecule has 1 N–H and O–H groups in total. The number of nitrogens with one attached hydrogen (secondary N) is 1. The monoisotopic (exact) mass is 242 g/mol. The summed E-state index contributed by atoms with van der Waals surface area (Å²) in [5.41, 5.74) is 0. The van der Waals surface area contributed by atoms with Gasteiger partial charge < -0.3 is 15.0 Å². The summed E-state index contributed by atoms with van der Waals surface area (Å²) in [5.74, 6) is 0.800. The predicted molar refractivity (Wildman–Crippen MR) is 73.4 cm³/mol. The zero-order valence-corrected chi connectivity index (χ0v) is 11.9. The molecule has 1 aliphatic rings. The first-order valence-corrected chi connectivity index (χ1v) is 7.17. The fraction of sp³-hybridized carbons (Fsp3) is 1.00. The van der Waals surface area contributed by atoms with Crippen LogP contribution in [-0.4, -0.2) is 50.8 Å². The van der Waals surface area contributed by atoms with Crippen LogP contribution in [0.2, 0.25) is 0 Å². The Labute approximate surface area is 107 Å². The van der Waals surface area contributed by atoms with Gasteiger partial charge in [-0.25, -0.2) is 0 Å². The van der Waals surface area contributed by atoms with Gasteiger partial charge in [0.1, 0.15) is 0 Å². The highest BCUT2D eigenvalue weighted by atomic mass is 16.5. The molecule has 1 fully saturated rings. The second-order valence-corrected chi connectivity index (χ2v) is 5.63. The van der Waals surface area contributed by atoms with Crippen LogP contribution in [-0.2, 0) is 4.74 Å². The molecule has 3 heteroatoms. The Morgan fingerprint density at radius 1 is 1.29 bits per heavy atom. The van der Waals surface area contributed by atoms with Crippen LogP contribution in [0.4, 0.5) is 0 Å². The van der Waals surface area contributed by atoms with Crippen molar-refractivity contribution in [1.29, 1.82) is 0 Å². The summed E-state index contributed by atoms with van der Waals surface area (Å²) < 4.78 is 5.07. The van der Waals surface area contributed by atoms with Crippen LogP contribution in [0.3, 0.4) is 0 Å². The van der Waals surface area contributed by atoms with E-state index in [1.54, 1.807) is 7.11 Å². The summed E-state index contributed by atoms with van der Waals surface area (Å²) in [4.78, 5) is 2.62. The van der Waals surface area contributed by atoms with E-state index in [4.69, 9.17) is 4.74 Å². The van der Waals surface area contributed by atoms with Crippen molar-refractivity contribution in [3.05, 3.63) is 0 Å². The first kappa shape index (κ1) is 14.9. The Hall–Kier alpha value is -0.120. The summed E-state index contributed by atoms with van der Waals surface area (Å²) in [6.07, 6.45) is 5.13. The molecule has 102 valence electrons. The number of rotatable bonds is 8. The van der Waals surface area contributed by atoms with Crippen LogP contribution >= 0.6 is 0 Å². The number of nitrogens with zero attached hydrogens (tertiary/aromatic N) is 1. The lowest BCUT2D eigenvalue weighted by molar-refractivity contribution is 0.173. The van der Waals surface area contributed by atoms with Crippen molar-refractivity contribution in [2.24, 2.45) is 5.92 Å². The fourth-order valence-electron chi connectivity index (χ4n) is 2.58. The van der Waals surface area contributed by atoms with Crippen LogP contribution in [0.15, 0.2) is 0 Å². The number of ether oxygens (including phenoxy) is 1. The van der Waals surface area contributed by atoms with E-state index in [-0.39, 0.29) is 0 Å². The third-order valence-electron chi connectivity index (χ3n) is 3.42. The van der Waals surface area contributed by atoms with Crippen molar-refractivity contribution in [1.82, 2.24) is 10.2 Å². The smallest absolute Gasteiger partial charge is 0.0462 e. The Morgan fingerprint density at radius 3 is 2.82 bits per heavy atom. The molecule has 17 heavy (non-hydrogen) atoms. The molecule has 1 rings (SSSR count). The Balaban J connectivity index is 2.08. The SMILES string of the molecule is COCCCCCN1CCNC(CC(C)C)C1. The molecule has 0 spiro atoms. The second-order valence-electron chi connectivity index (χ2n) is 5.63. The quantitative estimate of drug-likeness (QED) is 0.660. The average molecular weight is 242 g/mol. The van der Waals surface area contributed by atoms with Crippen molar-refractivity contribution in [3.8, 4) is 0 Å². The maximum atomic E-state index is 5.07. The average Bonchev–Trinajstić information content (AvgIpc) is 2.28. The molecule has 3 nitrogen and oxygen atoms in total. The van der Waals surface area contributed by atoms with Crippen molar-refractivity contribution in [3.63, 3.8) is 0 Å². The van der Waals surface area contributed by atoms with Gasteiger partial charge in [-0.2, -0.15) is 0 Å². The summed E-state index contributed by atoms with van der Waals surface area (Å²) >= 11 is 0. The van der Waals surface area contributed by atoms with E-state index in [1.807, 2.05) is 0 Å². The molecule has 0 saturated carbocycles. The van der Waals surface area contributed by atoms with Gasteiger partial charge in [0.15, 0.2) is 0 Å². The van der Waals surface area contributed by atoms with Crippen LogP contribution in [0.1, 0.15) is 39.5 Å². The van der Waals surface area contributed by atoms with Gasteiger partial charge >= 0.3 is 0 Å². The second kappa shape index (κ2) is 8.90. The number of hydrogen-bond donors (Lipinski definition) is 1. The van der Waals surface area contributed by atoms with Gasteiger partial charge in [-0.15, -0.1) is 0 Å². The van der Waals surface area contributed by atoms with E-state index in [2.05, 4.69) is 24.1 Å². The lowest BCUT2D eigenvalue weighted by Crippen LogP contribution is -2.51. The summed E-state index contributed by atoms with van der Waals surface area (Å²) in [7, 11) is 1.78. The minimum absolute atomic E-state index is 0.711. The molecule has 0 amide bonds. The zero-order valence-electron chi connectivity index (χ0n) is 11.9. The molecule has 1 saturated heterocycles. The van der Waals surface area contributed by atoms with Crippen molar-refractivity contribution in [2.45, 2.75) is 45.6 Å². The maximum Gasteiger partial charge on any atom is 0.0462 e. The molecule has 1 heterocycles. The Bertz CT molecular complexity index is 185. The standard InChI is InChI=1S/C14H30N2O/c1-13(2)11-14-12-16(9-7-15-14)8-5-4-6-10-17-3/h13-15H,4-12H2,1-3H3. The largest absolute Gasteiger partial charge is 0.385 e. The highest BCUT2D eigenvalue weighted by Crippen LogP contribution is 2.10. The number of unbranched alkanes of at least 4 members (excludes halogenated alkanes) is 2. The van der Waals surface area contributed by atoms with Crippen molar-refractivity contribution in [2.75, 3.05) is 39.9 Å². The Morgan fingerprint density at radius 2 is 2.12 bits per heavy atom. The molecule has 0 bridgehead atoms. The van der Waals surface area contributed by atoms with E-state index in [0.29, 0.717) is 6.04 Å². The van der Waals surface area contributed by atoms with Crippen LogP contribution in [0, 0.1) is 5.92 Å². The lowest BCUT2D eigenvalue weighted by Gasteiger charge is -2.34. The molecule has 0 radical (unpaired) electrons. The fourth-order valence-corrected chi connectivity index (χ4v) is 2.58. The van der Waals surface area contributed by atoms with Crippen LogP contribution in [0.25, 0.3) is 0 Å². The first-order valence-electron chi connectivity index (χ1n) is 7.17. The molecule has 0 aromatic carbocycles. The molecule has 1 atom stereocenters.